The summed E-state index contributed by atoms with van der Waals surface area (Å²) in [5, 5.41) is 31.9. The fraction of sp³-hybridized carbons (Fsp3) is 0.571. The molecule has 0 heterocycles. The molecule has 7 nitrogen and oxygen atoms in total. The Morgan fingerprint density at radius 2 is 1.62 bits per heavy atom. The fourth-order valence-corrected chi connectivity index (χ4v) is 2.31. The Hall–Kier alpha value is -2.18. The van der Waals surface area contributed by atoms with E-state index in [0.717, 1.165) is 0 Å². The summed E-state index contributed by atoms with van der Waals surface area (Å²) in [6.07, 6.45) is 0.159. The number of hydrogen-bond donors (Lipinski definition) is 1. The van der Waals surface area contributed by atoms with E-state index in [4.69, 9.17) is 0 Å². The maximum atomic E-state index is 11.2. The molecule has 1 aromatic carbocycles. The second kappa shape index (κ2) is 7.56. The Morgan fingerprint density at radius 1 is 1.05 bits per heavy atom. The molecule has 0 aromatic heterocycles. The minimum atomic E-state index is -1.08. The molecule has 0 bridgehead atoms. The molecule has 0 fully saturated rings. The van der Waals surface area contributed by atoms with Gasteiger partial charge in [0.05, 0.1) is 6.42 Å². The third-order valence-electron chi connectivity index (χ3n) is 3.33. The Labute approximate surface area is 122 Å². The van der Waals surface area contributed by atoms with E-state index in [-0.39, 0.29) is 24.5 Å². The predicted octanol–water partition coefficient (Wildman–Crippen LogP) is 2.66. The van der Waals surface area contributed by atoms with Gasteiger partial charge in [0.1, 0.15) is 5.75 Å². The first-order chi connectivity index (χ1) is 9.81. The molecule has 1 rings (SSSR count). The second-order valence-corrected chi connectivity index (χ2v) is 5.58. The van der Waals surface area contributed by atoms with E-state index in [1.807, 2.05) is 13.8 Å². The molecule has 7 heteroatoms. The number of nitro groups is 2. The lowest BCUT2D eigenvalue weighted by atomic mass is 9.94. The minimum absolute atomic E-state index is 0.0118. The molecule has 1 N–H and O–H groups in total. The van der Waals surface area contributed by atoms with Gasteiger partial charge in [-0.3, -0.25) is 20.2 Å². The highest BCUT2D eigenvalue weighted by Crippen LogP contribution is 2.22. The molecule has 1 aromatic rings. The van der Waals surface area contributed by atoms with Crippen LogP contribution in [-0.2, 0) is 6.42 Å². The standard InChI is InChI=1S/C14H20N2O5/c1-10(2)7-12(15(18)19)9-13(16(20)21)8-11-5-3-4-6-14(11)17/h3-6,10,12-13,17H,7-9H2,1-2H3. The summed E-state index contributed by atoms with van der Waals surface area (Å²) in [6.45, 7) is 3.70. The molecule has 0 aliphatic rings. The summed E-state index contributed by atoms with van der Waals surface area (Å²) in [5.41, 5.74) is 0.436. The Kier molecular flexibility index (Phi) is 6.08. The Bertz CT molecular complexity index is 504. The van der Waals surface area contributed by atoms with Crippen molar-refractivity contribution in [3.63, 3.8) is 0 Å². The summed E-state index contributed by atoms with van der Waals surface area (Å²) in [4.78, 5) is 21.3. The number of hydrogen-bond acceptors (Lipinski definition) is 5. The summed E-state index contributed by atoms with van der Waals surface area (Å²) in [5.74, 6) is 0.0730. The molecule has 21 heavy (non-hydrogen) atoms. The van der Waals surface area contributed by atoms with Crippen LogP contribution < -0.4 is 0 Å². The van der Waals surface area contributed by atoms with Gasteiger partial charge in [0.25, 0.3) is 0 Å². The van der Waals surface area contributed by atoms with E-state index in [1.165, 1.54) is 6.07 Å². The molecule has 0 aliphatic carbocycles. The summed E-state index contributed by atoms with van der Waals surface area (Å²) in [6, 6.07) is 4.32. The van der Waals surface area contributed by atoms with Crippen molar-refractivity contribution in [3.05, 3.63) is 50.1 Å². The molecule has 2 unspecified atom stereocenters. The van der Waals surface area contributed by atoms with Crippen molar-refractivity contribution in [2.24, 2.45) is 5.92 Å². The summed E-state index contributed by atoms with van der Waals surface area (Å²) >= 11 is 0. The van der Waals surface area contributed by atoms with E-state index < -0.39 is 21.9 Å². The third kappa shape index (κ3) is 5.37. The molecule has 0 saturated heterocycles. The smallest absolute Gasteiger partial charge is 0.223 e. The quantitative estimate of drug-likeness (QED) is 0.586. The van der Waals surface area contributed by atoms with Gasteiger partial charge in [-0.15, -0.1) is 0 Å². The number of phenolic OH excluding ortho intramolecular Hbond substituents is 1. The Balaban J connectivity index is 2.84. The highest BCUT2D eigenvalue weighted by Gasteiger charge is 2.33. The van der Waals surface area contributed by atoms with Gasteiger partial charge in [-0.25, -0.2) is 0 Å². The molecule has 0 saturated carbocycles. The van der Waals surface area contributed by atoms with Gasteiger partial charge in [-0.05, 0) is 12.0 Å². The first kappa shape index (κ1) is 16.9. The van der Waals surface area contributed by atoms with E-state index >= 15 is 0 Å². The van der Waals surface area contributed by atoms with Crippen LogP contribution in [0.3, 0.4) is 0 Å². The van der Waals surface area contributed by atoms with Gasteiger partial charge in [0.2, 0.25) is 12.1 Å². The van der Waals surface area contributed by atoms with Crippen LogP contribution in [-0.4, -0.2) is 27.0 Å². The van der Waals surface area contributed by atoms with Gasteiger partial charge in [-0.2, -0.15) is 0 Å². The Morgan fingerprint density at radius 3 is 2.10 bits per heavy atom. The molecule has 2 atom stereocenters. The van der Waals surface area contributed by atoms with E-state index in [0.29, 0.717) is 12.0 Å². The zero-order valence-corrected chi connectivity index (χ0v) is 12.1. The van der Waals surface area contributed by atoms with Gasteiger partial charge in [0.15, 0.2) is 0 Å². The van der Waals surface area contributed by atoms with Crippen molar-refractivity contribution >= 4 is 0 Å². The summed E-state index contributed by atoms with van der Waals surface area (Å²) < 4.78 is 0. The molecule has 0 radical (unpaired) electrons. The lowest BCUT2D eigenvalue weighted by molar-refractivity contribution is -0.561. The zero-order chi connectivity index (χ0) is 16.0. The number of para-hydroxylation sites is 1. The van der Waals surface area contributed by atoms with Crippen LogP contribution in [0.25, 0.3) is 0 Å². The molecular formula is C14H20N2O5. The lowest BCUT2D eigenvalue weighted by Gasteiger charge is -2.15. The number of rotatable bonds is 8. The topological polar surface area (TPSA) is 107 Å². The first-order valence-electron chi connectivity index (χ1n) is 6.85. The number of phenols is 1. The van der Waals surface area contributed by atoms with Crippen LogP contribution in [0.4, 0.5) is 0 Å². The SMILES string of the molecule is CC(C)CC(CC(Cc1ccccc1O)[N+](=O)[O-])[N+](=O)[O-]. The average molecular weight is 296 g/mol. The van der Waals surface area contributed by atoms with Gasteiger partial charge >= 0.3 is 0 Å². The van der Waals surface area contributed by atoms with Crippen LogP contribution in [0, 0.1) is 26.1 Å². The van der Waals surface area contributed by atoms with Crippen molar-refractivity contribution < 1.29 is 15.0 Å². The first-order valence-corrected chi connectivity index (χ1v) is 6.85. The highest BCUT2D eigenvalue weighted by atomic mass is 16.6. The third-order valence-corrected chi connectivity index (χ3v) is 3.33. The van der Waals surface area contributed by atoms with Crippen molar-refractivity contribution in [1.29, 1.82) is 0 Å². The van der Waals surface area contributed by atoms with Gasteiger partial charge < -0.3 is 5.11 Å². The van der Waals surface area contributed by atoms with E-state index in [9.17, 15) is 25.3 Å². The number of benzene rings is 1. The fourth-order valence-electron chi connectivity index (χ4n) is 2.31. The minimum Gasteiger partial charge on any atom is -0.508 e. The molecule has 0 aliphatic heterocycles. The van der Waals surface area contributed by atoms with Crippen LogP contribution in [0.5, 0.6) is 5.75 Å². The van der Waals surface area contributed by atoms with Crippen LogP contribution >= 0.6 is 0 Å². The zero-order valence-electron chi connectivity index (χ0n) is 12.1. The molecule has 0 spiro atoms. The number of nitrogens with zero attached hydrogens (tertiary/aromatic N) is 2. The highest BCUT2D eigenvalue weighted by molar-refractivity contribution is 5.32. The van der Waals surface area contributed by atoms with Crippen molar-refractivity contribution in [1.82, 2.24) is 0 Å². The average Bonchev–Trinajstić information content (AvgIpc) is 2.38. The van der Waals surface area contributed by atoms with Crippen molar-refractivity contribution in [2.75, 3.05) is 0 Å². The van der Waals surface area contributed by atoms with Crippen LogP contribution in [0.15, 0.2) is 24.3 Å². The van der Waals surface area contributed by atoms with Crippen molar-refractivity contribution in [2.45, 2.75) is 45.2 Å². The monoisotopic (exact) mass is 296 g/mol. The van der Waals surface area contributed by atoms with E-state index in [1.54, 1.807) is 18.2 Å². The predicted molar refractivity (Wildman–Crippen MR) is 77.4 cm³/mol. The number of aromatic hydroxyl groups is 1. The maximum absolute atomic E-state index is 11.2. The van der Waals surface area contributed by atoms with Crippen LogP contribution in [0.1, 0.15) is 32.3 Å². The second-order valence-electron chi connectivity index (χ2n) is 5.58. The lowest BCUT2D eigenvalue weighted by Crippen LogP contribution is -2.32. The molecule has 0 amide bonds. The normalized spacial score (nSPS) is 13.9. The summed E-state index contributed by atoms with van der Waals surface area (Å²) in [7, 11) is 0. The molecule has 116 valence electrons. The van der Waals surface area contributed by atoms with Crippen molar-refractivity contribution in [3.8, 4) is 5.75 Å². The van der Waals surface area contributed by atoms with Gasteiger partial charge in [-0.1, -0.05) is 32.0 Å². The van der Waals surface area contributed by atoms with Crippen LogP contribution in [0.2, 0.25) is 0 Å². The maximum Gasteiger partial charge on any atom is 0.223 e. The molecular weight excluding hydrogens is 276 g/mol. The van der Waals surface area contributed by atoms with E-state index in [2.05, 4.69) is 0 Å². The van der Waals surface area contributed by atoms with Gasteiger partial charge in [0, 0.05) is 28.3 Å². The largest absolute Gasteiger partial charge is 0.508 e.